The Morgan fingerprint density at radius 1 is 1.62 bits per heavy atom. The molecule has 0 aliphatic heterocycles. The van der Waals surface area contributed by atoms with Crippen molar-refractivity contribution in [3.05, 3.63) is 17.6 Å². The molecule has 1 aromatic heterocycles. The van der Waals surface area contributed by atoms with Crippen LogP contribution in [0.15, 0.2) is 6.07 Å². The molecule has 5 nitrogen and oxygen atoms in total. The maximum atomic E-state index is 11.0. The number of rotatable bonds is 2. The van der Waals surface area contributed by atoms with Gasteiger partial charge in [-0.05, 0) is 6.42 Å². The van der Waals surface area contributed by atoms with Crippen LogP contribution >= 0.6 is 0 Å². The molecular weight excluding hydrogens is 170 g/mol. The van der Waals surface area contributed by atoms with Crippen LogP contribution in [0.3, 0.4) is 0 Å². The Morgan fingerprint density at radius 2 is 2.31 bits per heavy atom. The lowest BCUT2D eigenvalue weighted by atomic mass is 10.3. The monoisotopic (exact) mass is 181 g/mol. The van der Waals surface area contributed by atoms with Crippen LogP contribution in [-0.2, 0) is 11.2 Å². The fourth-order valence-corrected chi connectivity index (χ4v) is 0.882. The van der Waals surface area contributed by atoms with Crippen LogP contribution in [0.4, 0.5) is 5.82 Å². The summed E-state index contributed by atoms with van der Waals surface area (Å²) in [5.74, 6) is -0.270. The van der Waals surface area contributed by atoms with Crippen LogP contribution in [0.25, 0.3) is 0 Å². The molecule has 1 rings (SSSR count). The standard InChI is InChI=1S/C8H11N3O2/c1-3-5-4-6(9)11-7(10-5)8(12)13-2/h4H,3H2,1-2H3,(H2,9,10,11). The van der Waals surface area contributed by atoms with E-state index in [1.165, 1.54) is 7.11 Å². The molecule has 0 aromatic carbocycles. The molecule has 0 aliphatic carbocycles. The molecule has 0 atom stereocenters. The number of nitrogens with zero attached hydrogens (tertiary/aromatic N) is 2. The van der Waals surface area contributed by atoms with Gasteiger partial charge in [0.25, 0.3) is 0 Å². The number of anilines is 1. The quantitative estimate of drug-likeness (QED) is 0.668. The van der Waals surface area contributed by atoms with Gasteiger partial charge < -0.3 is 10.5 Å². The lowest BCUT2D eigenvalue weighted by Gasteiger charge is -2.01. The molecule has 1 heterocycles. The molecule has 0 amide bonds. The normalized spacial score (nSPS) is 9.69. The summed E-state index contributed by atoms with van der Waals surface area (Å²) in [6, 6.07) is 1.63. The zero-order valence-corrected chi connectivity index (χ0v) is 7.57. The number of nitrogens with two attached hydrogens (primary N) is 1. The highest BCUT2D eigenvalue weighted by molar-refractivity contribution is 5.85. The molecule has 0 bridgehead atoms. The van der Waals surface area contributed by atoms with Crippen molar-refractivity contribution < 1.29 is 9.53 Å². The van der Waals surface area contributed by atoms with E-state index in [9.17, 15) is 4.79 Å². The Hall–Kier alpha value is -1.65. The first kappa shape index (κ1) is 9.44. The molecule has 0 radical (unpaired) electrons. The second-order valence-electron chi connectivity index (χ2n) is 2.45. The Morgan fingerprint density at radius 3 is 2.85 bits per heavy atom. The van der Waals surface area contributed by atoms with Crippen LogP contribution in [0.2, 0.25) is 0 Å². The highest BCUT2D eigenvalue weighted by atomic mass is 16.5. The van der Waals surface area contributed by atoms with Crippen molar-refractivity contribution in [3.63, 3.8) is 0 Å². The molecule has 70 valence electrons. The summed E-state index contributed by atoms with van der Waals surface area (Å²) in [5.41, 5.74) is 6.20. The van der Waals surface area contributed by atoms with Crippen molar-refractivity contribution in [2.24, 2.45) is 0 Å². The Balaban J connectivity index is 3.08. The van der Waals surface area contributed by atoms with Gasteiger partial charge in [-0.1, -0.05) is 6.92 Å². The summed E-state index contributed by atoms with van der Waals surface area (Å²) >= 11 is 0. The maximum absolute atomic E-state index is 11.0. The van der Waals surface area contributed by atoms with Gasteiger partial charge in [-0.3, -0.25) is 0 Å². The van der Waals surface area contributed by atoms with Gasteiger partial charge in [-0.25, -0.2) is 14.8 Å². The van der Waals surface area contributed by atoms with E-state index in [2.05, 4.69) is 14.7 Å². The average molecular weight is 181 g/mol. The van der Waals surface area contributed by atoms with E-state index in [4.69, 9.17) is 5.73 Å². The van der Waals surface area contributed by atoms with Crippen LogP contribution in [0, 0.1) is 0 Å². The summed E-state index contributed by atoms with van der Waals surface area (Å²) < 4.78 is 4.47. The van der Waals surface area contributed by atoms with Crippen molar-refractivity contribution in [2.45, 2.75) is 13.3 Å². The van der Waals surface area contributed by atoms with Crippen LogP contribution in [0.1, 0.15) is 23.2 Å². The maximum Gasteiger partial charge on any atom is 0.376 e. The fraction of sp³-hybridized carbons (Fsp3) is 0.375. The van der Waals surface area contributed by atoms with Crippen molar-refractivity contribution in [1.82, 2.24) is 9.97 Å². The van der Waals surface area contributed by atoms with E-state index in [1.807, 2.05) is 6.92 Å². The Bertz CT molecular complexity index is 325. The minimum atomic E-state index is -0.568. The molecule has 0 fully saturated rings. The van der Waals surface area contributed by atoms with Crippen molar-refractivity contribution in [2.75, 3.05) is 12.8 Å². The van der Waals surface area contributed by atoms with Gasteiger partial charge in [0.2, 0.25) is 5.82 Å². The van der Waals surface area contributed by atoms with E-state index >= 15 is 0 Å². The van der Waals surface area contributed by atoms with E-state index < -0.39 is 5.97 Å². The second kappa shape index (κ2) is 3.84. The summed E-state index contributed by atoms with van der Waals surface area (Å²) in [7, 11) is 1.28. The largest absolute Gasteiger partial charge is 0.463 e. The van der Waals surface area contributed by atoms with Gasteiger partial charge in [0.1, 0.15) is 5.82 Å². The topological polar surface area (TPSA) is 78.1 Å². The fourth-order valence-electron chi connectivity index (χ4n) is 0.882. The van der Waals surface area contributed by atoms with Crippen LogP contribution < -0.4 is 5.73 Å². The number of methoxy groups -OCH3 is 1. The predicted octanol–water partition coefficient (Wildman–Crippen LogP) is 0.408. The first-order valence-corrected chi connectivity index (χ1v) is 3.89. The highest BCUT2D eigenvalue weighted by Gasteiger charge is 2.10. The van der Waals surface area contributed by atoms with E-state index in [-0.39, 0.29) is 11.6 Å². The first-order chi connectivity index (χ1) is 6.17. The molecule has 2 N–H and O–H groups in total. The number of aromatic nitrogens is 2. The van der Waals surface area contributed by atoms with Gasteiger partial charge >= 0.3 is 5.97 Å². The van der Waals surface area contributed by atoms with Crippen molar-refractivity contribution in [1.29, 1.82) is 0 Å². The average Bonchev–Trinajstić information content (AvgIpc) is 2.15. The number of hydrogen-bond acceptors (Lipinski definition) is 5. The van der Waals surface area contributed by atoms with Gasteiger partial charge in [0.05, 0.1) is 7.11 Å². The number of ether oxygens (including phenoxy) is 1. The molecule has 5 heteroatoms. The van der Waals surface area contributed by atoms with Gasteiger partial charge in [-0.2, -0.15) is 0 Å². The van der Waals surface area contributed by atoms with Crippen molar-refractivity contribution >= 4 is 11.8 Å². The third-order valence-electron chi connectivity index (χ3n) is 1.53. The number of esters is 1. The first-order valence-electron chi connectivity index (χ1n) is 3.89. The highest BCUT2D eigenvalue weighted by Crippen LogP contribution is 2.04. The number of aryl methyl sites for hydroxylation is 1. The number of hydrogen-bond donors (Lipinski definition) is 1. The summed E-state index contributed by atoms with van der Waals surface area (Å²) in [6.45, 7) is 1.92. The third-order valence-corrected chi connectivity index (χ3v) is 1.53. The molecule has 0 saturated carbocycles. The minimum absolute atomic E-state index is 0.0133. The summed E-state index contributed by atoms with van der Waals surface area (Å²) in [4.78, 5) is 18.7. The number of carbonyl (C=O) groups is 1. The molecule has 0 aliphatic rings. The Labute approximate surface area is 75.9 Å². The number of carbonyl (C=O) groups excluding carboxylic acids is 1. The van der Waals surface area contributed by atoms with E-state index in [0.29, 0.717) is 6.42 Å². The number of nitrogen functional groups attached to an aromatic ring is 1. The SMILES string of the molecule is CCc1cc(N)nc(C(=O)OC)n1. The predicted molar refractivity (Wildman–Crippen MR) is 47.2 cm³/mol. The molecule has 0 unspecified atom stereocenters. The Kier molecular flexibility index (Phi) is 2.79. The summed E-state index contributed by atoms with van der Waals surface area (Å²) in [6.07, 6.45) is 0.705. The molecule has 0 spiro atoms. The molecule has 1 aromatic rings. The van der Waals surface area contributed by atoms with E-state index in [1.54, 1.807) is 6.07 Å². The molecule has 0 saturated heterocycles. The molecular formula is C8H11N3O2. The van der Waals surface area contributed by atoms with Gasteiger partial charge in [-0.15, -0.1) is 0 Å². The van der Waals surface area contributed by atoms with Crippen LogP contribution in [-0.4, -0.2) is 23.0 Å². The minimum Gasteiger partial charge on any atom is -0.463 e. The zero-order chi connectivity index (χ0) is 9.84. The zero-order valence-electron chi connectivity index (χ0n) is 7.57. The third kappa shape index (κ3) is 2.14. The second-order valence-corrected chi connectivity index (χ2v) is 2.45. The van der Waals surface area contributed by atoms with Crippen LogP contribution in [0.5, 0.6) is 0 Å². The lowest BCUT2D eigenvalue weighted by molar-refractivity contribution is 0.0586. The van der Waals surface area contributed by atoms with Gasteiger partial charge in [0, 0.05) is 11.8 Å². The molecule has 13 heavy (non-hydrogen) atoms. The van der Waals surface area contributed by atoms with Gasteiger partial charge in [0.15, 0.2) is 0 Å². The lowest BCUT2D eigenvalue weighted by Crippen LogP contribution is -2.10. The van der Waals surface area contributed by atoms with E-state index in [0.717, 1.165) is 5.69 Å². The smallest absolute Gasteiger partial charge is 0.376 e. The summed E-state index contributed by atoms with van der Waals surface area (Å²) in [5, 5.41) is 0. The van der Waals surface area contributed by atoms with Crippen molar-refractivity contribution in [3.8, 4) is 0 Å².